The van der Waals surface area contributed by atoms with E-state index in [2.05, 4.69) is 46.4 Å². The Balaban J connectivity index is 1.94. The molecule has 21 heavy (non-hydrogen) atoms. The largest absolute Gasteiger partial charge is 0.493 e. The Bertz CT molecular complexity index is 659. The highest BCUT2D eigenvalue weighted by Crippen LogP contribution is 2.37. The number of anilines is 1. The van der Waals surface area contributed by atoms with Crippen molar-refractivity contribution in [3.8, 4) is 5.75 Å². The van der Waals surface area contributed by atoms with E-state index in [0.717, 1.165) is 40.9 Å². The normalized spacial score (nSPS) is 17.6. The number of hydrogen-bond donors (Lipinski definition) is 1. The molecule has 0 fully saturated rings. The molecular formula is C17H17BrFNO. The first-order valence-electron chi connectivity index (χ1n) is 7.09. The summed E-state index contributed by atoms with van der Waals surface area (Å²) in [4.78, 5) is 0. The molecule has 4 heteroatoms. The van der Waals surface area contributed by atoms with Gasteiger partial charge in [-0.3, -0.25) is 0 Å². The minimum Gasteiger partial charge on any atom is -0.493 e. The van der Waals surface area contributed by atoms with E-state index in [-0.39, 0.29) is 11.9 Å². The lowest BCUT2D eigenvalue weighted by Crippen LogP contribution is -2.11. The van der Waals surface area contributed by atoms with E-state index < -0.39 is 0 Å². The van der Waals surface area contributed by atoms with Gasteiger partial charge in [-0.25, -0.2) is 4.39 Å². The van der Waals surface area contributed by atoms with Gasteiger partial charge in [0.25, 0.3) is 0 Å². The second kappa shape index (κ2) is 6.06. The van der Waals surface area contributed by atoms with E-state index in [1.54, 1.807) is 6.07 Å². The fourth-order valence-electron chi connectivity index (χ4n) is 2.71. The van der Waals surface area contributed by atoms with Crippen molar-refractivity contribution in [3.63, 3.8) is 0 Å². The number of ether oxygens (including phenoxy) is 1. The number of hydrogen-bond acceptors (Lipinski definition) is 2. The molecule has 1 unspecified atom stereocenters. The zero-order chi connectivity index (χ0) is 14.8. The molecule has 0 saturated carbocycles. The molecule has 2 aromatic rings. The molecule has 1 aliphatic heterocycles. The van der Waals surface area contributed by atoms with Crippen LogP contribution in [-0.4, -0.2) is 6.61 Å². The van der Waals surface area contributed by atoms with Crippen LogP contribution in [0.3, 0.4) is 0 Å². The van der Waals surface area contributed by atoms with E-state index in [0.29, 0.717) is 0 Å². The number of benzene rings is 2. The third kappa shape index (κ3) is 3.05. The summed E-state index contributed by atoms with van der Waals surface area (Å²) in [5.41, 5.74) is 3.22. The number of para-hydroxylation sites is 1. The Morgan fingerprint density at radius 3 is 2.95 bits per heavy atom. The lowest BCUT2D eigenvalue weighted by atomic mass is 9.99. The minimum atomic E-state index is -0.243. The highest BCUT2D eigenvalue weighted by atomic mass is 79.9. The number of fused-ring (bicyclic) bond motifs is 1. The van der Waals surface area contributed by atoms with Gasteiger partial charge in [0, 0.05) is 15.7 Å². The molecular weight excluding hydrogens is 333 g/mol. The molecule has 0 amide bonds. The van der Waals surface area contributed by atoms with Crippen LogP contribution in [0.2, 0.25) is 0 Å². The molecule has 0 aliphatic carbocycles. The summed E-state index contributed by atoms with van der Waals surface area (Å²) in [5, 5.41) is 3.51. The SMILES string of the molecule is Cc1cccc2c1OCCCC2Nc1ccc(F)cc1Br. The first-order valence-corrected chi connectivity index (χ1v) is 7.88. The third-order valence-corrected chi connectivity index (χ3v) is 4.42. The molecule has 1 aliphatic rings. The Hall–Kier alpha value is -1.55. The van der Waals surface area contributed by atoms with Crippen molar-refractivity contribution in [1.82, 2.24) is 0 Å². The lowest BCUT2D eigenvalue weighted by molar-refractivity contribution is 0.314. The average Bonchev–Trinajstić information content (AvgIpc) is 2.66. The van der Waals surface area contributed by atoms with Crippen molar-refractivity contribution < 1.29 is 9.13 Å². The predicted octanol–water partition coefficient (Wildman–Crippen LogP) is 5.22. The van der Waals surface area contributed by atoms with E-state index in [4.69, 9.17) is 4.74 Å². The maximum absolute atomic E-state index is 13.2. The Morgan fingerprint density at radius 2 is 2.14 bits per heavy atom. The van der Waals surface area contributed by atoms with Gasteiger partial charge in [-0.05, 0) is 59.5 Å². The van der Waals surface area contributed by atoms with Gasteiger partial charge in [-0.1, -0.05) is 18.2 Å². The lowest BCUT2D eigenvalue weighted by Gasteiger charge is -2.21. The molecule has 1 heterocycles. The van der Waals surface area contributed by atoms with Gasteiger partial charge in [0.05, 0.1) is 12.6 Å². The quantitative estimate of drug-likeness (QED) is 0.802. The summed E-state index contributed by atoms with van der Waals surface area (Å²) in [6, 6.07) is 11.1. The zero-order valence-corrected chi connectivity index (χ0v) is 13.4. The first kappa shape index (κ1) is 14.4. The summed E-state index contributed by atoms with van der Waals surface area (Å²) >= 11 is 3.41. The van der Waals surface area contributed by atoms with Crippen molar-refractivity contribution in [3.05, 3.63) is 57.8 Å². The summed E-state index contributed by atoms with van der Waals surface area (Å²) in [6.45, 7) is 2.80. The molecule has 0 aromatic heterocycles. The van der Waals surface area contributed by atoms with E-state index in [1.807, 2.05) is 0 Å². The van der Waals surface area contributed by atoms with Gasteiger partial charge in [-0.15, -0.1) is 0 Å². The standard InChI is InChI=1S/C17H17BrFNO/c1-11-4-2-5-13-15(6-3-9-21-17(11)13)20-16-8-7-12(19)10-14(16)18/h2,4-5,7-8,10,15,20H,3,6,9H2,1H3. The highest BCUT2D eigenvalue weighted by molar-refractivity contribution is 9.10. The Labute approximate surface area is 132 Å². The molecule has 3 rings (SSSR count). The summed E-state index contributed by atoms with van der Waals surface area (Å²) in [5.74, 6) is 0.735. The fourth-order valence-corrected chi connectivity index (χ4v) is 3.17. The zero-order valence-electron chi connectivity index (χ0n) is 11.8. The van der Waals surface area contributed by atoms with Crippen molar-refractivity contribution >= 4 is 21.6 Å². The molecule has 2 nitrogen and oxygen atoms in total. The second-order valence-corrected chi connectivity index (χ2v) is 6.16. The predicted molar refractivity (Wildman–Crippen MR) is 86.4 cm³/mol. The molecule has 110 valence electrons. The summed E-state index contributed by atoms with van der Waals surface area (Å²) in [7, 11) is 0. The Morgan fingerprint density at radius 1 is 1.29 bits per heavy atom. The van der Waals surface area contributed by atoms with Crippen LogP contribution in [-0.2, 0) is 0 Å². The molecule has 0 saturated heterocycles. The summed E-state index contributed by atoms with van der Waals surface area (Å²) in [6.07, 6.45) is 1.98. The van der Waals surface area contributed by atoms with Crippen LogP contribution < -0.4 is 10.1 Å². The van der Waals surface area contributed by atoms with E-state index >= 15 is 0 Å². The molecule has 0 spiro atoms. The van der Waals surface area contributed by atoms with Gasteiger partial charge in [0.1, 0.15) is 11.6 Å². The van der Waals surface area contributed by atoms with E-state index in [1.165, 1.54) is 17.7 Å². The van der Waals surface area contributed by atoms with Crippen molar-refractivity contribution in [2.75, 3.05) is 11.9 Å². The van der Waals surface area contributed by atoms with Crippen LogP contribution in [0.1, 0.15) is 30.0 Å². The molecule has 1 N–H and O–H groups in total. The first-order chi connectivity index (χ1) is 10.1. The third-order valence-electron chi connectivity index (χ3n) is 3.76. The number of nitrogens with one attached hydrogen (secondary N) is 1. The van der Waals surface area contributed by atoms with Crippen molar-refractivity contribution in [1.29, 1.82) is 0 Å². The number of aryl methyl sites for hydroxylation is 1. The smallest absolute Gasteiger partial charge is 0.127 e. The Kier molecular flexibility index (Phi) is 4.15. The van der Waals surface area contributed by atoms with Crippen LogP contribution >= 0.6 is 15.9 Å². The van der Waals surface area contributed by atoms with Gasteiger partial charge < -0.3 is 10.1 Å². The fraction of sp³-hybridized carbons (Fsp3) is 0.294. The van der Waals surface area contributed by atoms with Crippen molar-refractivity contribution in [2.45, 2.75) is 25.8 Å². The second-order valence-electron chi connectivity index (χ2n) is 5.31. The number of halogens is 2. The van der Waals surface area contributed by atoms with Crippen molar-refractivity contribution in [2.24, 2.45) is 0 Å². The van der Waals surface area contributed by atoms with Crippen LogP contribution in [0.5, 0.6) is 5.75 Å². The molecule has 1 atom stereocenters. The van der Waals surface area contributed by atoms with Crippen LogP contribution in [0.15, 0.2) is 40.9 Å². The van der Waals surface area contributed by atoms with Gasteiger partial charge in [0.15, 0.2) is 0 Å². The van der Waals surface area contributed by atoms with Crippen LogP contribution in [0, 0.1) is 12.7 Å². The van der Waals surface area contributed by atoms with Crippen LogP contribution in [0.4, 0.5) is 10.1 Å². The highest BCUT2D eigenvalue weighted by Gasteiger charge is 2.21. The van der Waals surface area contributed by atoms with Crippen LogP contribution in [0.25, 0.3) is 0 Å². The van der Waals surface area contributed by atoms with Gasteiger partial charge >= 0.3 is 0 Å². The molecule has 2 aromatic carbocycles. The van der Waals surface area contributed by atoms with Gasteiger partial charge in [0.2, 0.25) is 0 Å². The average molecular weight is 350 g/mol. The molecule has 0 bridgehead atoms. The monoisotopic (exact) mass is 349 g/mol. The minimum absolute atomic E-state index is 0.171. The topological polar surface area (TPSA) is 21.3 Å². The maximum atomic E-state index is 13.2. The van der Waals surface area contributed by atoms with E-state index in [9.17, 15) is 4.39 Å². The van der Waals surface area contributed by atoms with Gasteiger partial charge in [-0.2, -0.15) is 0 Å². The number of rotatable bonds is 2. The summed E-state index contributed by atoms with van der Waals surface area (Å²) < 4.78 is 19.8. The molecule has 0 radical (unpaired) electrons. The maximum Gasteiger partial charge on any atom is 0.127 e.